The third kappa shape index (κ3) is 6.71. The lowest BCUT2D eigenvalue weighted by Crippen LogP contribution is -2.32. The molecule has 7 heteroatoms. The predicted octanol–water partition coefficient (Wildman–Crippen LogP) is 2.59. The minimum absolute atomic E-state index is 0. The molecule has 0 unspecified atom stereocenters. The lowest BCUT2D eigenvalue weighted by atomic mass is 9.91. The summed E-state index contributed by atoms with van der Waals surface area (Å²) in [5.41, 5.74) is 2.50. The second-order valence-corrected chi connectivity index (χ2v) is 7.69. The first-order chi connectivity index (χ1) is 12.7. The summed E-state index contributed by atoms with van der Waals surface area (Å²) >= 11 is 0. The van der Waals surface area contributed by atoms with Gasteiger partial charge in [-0.1, -0.05) is 19.3 Å². The molecule has 0 aromatic carbocycles. The van der Waals surface area contributed by atoms with Gasteiger partial charge >= 0.3 is 0 Å². The van der Waals surface area contributed by atoms with Gasteiger partial charge in [-0.3, -0.25) is 9.59 Å². The molecule has 1 aromatic heterocycles. The van der Waals surface area contributed by atoms with Crippen LogP contribution in [-0.2, 0) is 24.1 Å². The third-order valence-corrected chi connectivity index (χ3v) is 5.67. The molecule has 1 saturated carbocycles. The molecule has 1 amide bonds. The standard InChI is InChI=1S/C20H32N4O2.BrH/c25-19(22-13-7-6-12-21-15-8-2-1-3-9-15)14-18-16-10-4-5-11-17(16)20(26)24-23-18;/h15,21H,1-14H2,(H,22,25)(H,24,26);1H. The predicted molar refractivity (Wildman–Crippen MR) is 113 cm³/mol. The van der Waals surface area contributed by atoms with Crippen molar-refractivity contribution in [2.75, 3.05) is 13.1 Å². The number of aromatic amines is 1. The number of carbonyl (C=O) groups is 1. The summed E-state index contributed by atoms with van der Waals surface area (Å²) in [5.74, 6) is -0.00226. The summed E-state index contributed by atoms with van der Waals surface area (Å²) in [7, 11) is 0. The highest BCUT2D eigenvalue weighted by Crippen LogP contribution is 2.20. The number of hydrogen-bond acceptors (Lipinski definition) is 4. The number of amides is 1. The van der Waals surface area contributed by atoms with Gasteiger partial charge in [-0.05, 0) is 63.5 Å². The molecule has 6 nitrogen and oxygen atoms in total. The number of fused-ring (bicyclic) bond motifs is 1. The fourth-order valence-electron chi connectivity index (χ4n) is 4.18. The van der Waals surface area contributed by atoms with Crippen molar-refractivity contribution in [3.8, 4) is 0 Å². The first-order valence-corrected chi connectivity index (χ1v) is 10.3. The zero-order valence-electron chi connectivity index (χ0n) is 16.1. The number of unbranched alkanes of at least 4 members (excludes halogenated alkanes) is 1. The van der Waals surface area contributed by atoms with E-state index in [1.54, 1.807) is 0 Å². The van der Waals surface area contributed by atoms with Crippen LogP contribution in [0.2, 0.25) is 0 Å². The molecule has 0 saturated heterocycles. The number of rotatable bonds is 8. The van der Waals surface area contributed by atoms with E-state index in [4.69, 9.17) is 0 Å². The summed E-state index contributed by atoms with van der Waals surface area (Å²) in [5, 5.41) is 13.3. The van der Waals surface area contributed by atoms with Crippen LogP contribution in [0.4, 0.5) is 0 Å². The van der Waals surface area contributed by atoms with Gasteiger partial charge in [0, 0.05) is 18.2 Å². The molecule has 0 aliphatic heterocycles. The van der Waals surface area contributed by atoms with E-state index in [9.17, 15) is 9.59 Å². The molecule has 152 valence electrons. The van der Waals surface area contributed by atoms with E-state index in [-0.39, 0.29) is 34.9 Å². The van der Waals surface area contributed by atoms with Crippen LogP contribution in [0.1, 0.15) is 74.6 Å². The van der Waals surface area contributed by atoms with Gasteiger partial charge in [-0.25, -0.2) is 5.10 Å². The van der Waals surface area contributed by atoms with Crippen molar-refractivity contribution in [3.63, 3.8) is 0 Å². The number of H-pyrrole nitrogens is 1. The van der Waals surface area contributed by atoms with Crippen molar-refractivity contribution < 1.29 is 4.79 Å². The highest BCUT2D eigenvalue weighted by molar-refractivity contribution is 8.93. The van der Waals surface area contributed by atoms with Crippen molar-refractivity contribution >= 4 is 22.9 Å². The highest BCUT2D eigenvalue weighted by atomic mass is 79.9. The summed E-state index contributed by atoms with van der Waals surface area (Å²) in [4.78, 5) is 24.1. The van der Waals surface area contributed by atoms with E-state index >= 15 is 0 Å². The molecule has 0 bridgehead atoms. The Labute approximate surface area is 172 Å². The number of carbonyl (C=O) groups excluding carboxylic acids is 1. The van der Waals surface area contributed by atoms with Crippen molar-refractivity contribution in [2.24, 2.45) is 0 Å². The van der Waals surface area contributed by atoms with E-state index in [1.807, 2.05) is 0 Å². The molecule has 27 heavy (non-hydrogen) atoms. The molecule has 3 N–H and O–H groups in total. The van der Waals surface area contributed by atoms with Crippen LogP contribution in [0.3, 0.4) is 0 Å². The molecule has 0 radical (unpaired) electrons. The Hall–Kier alpha value is -1.21. The Morgan fingerprint density at radius 1 is 1.00 bits per heavy atom. The number of aromatic nitrogens is 2. The Morgan fingerprint density at radius 2 is 1.70 bits per heavy atom. The Bertz CT molecular complexity index is 656. The Morgan fingerprint density at radius 3 is 2.48 bits per heavy atom. The van der Waals surface area contributed by atoms with Gasteiger partial charge in [-0.2, -0.15) is 5.10 Å². The van der Waals surface area contributed by atoms with Crippen LogP contribution >= 0.6 is 17.0 Å². The van der Waals surface area contributed by atoms with Gasteiger partial charge in [0.25, 0.3) is 5.56 Å². The largest absolute Gasteiger partial charge is 0.356 e. The monoisotopic (exact) mass is 440 g/mol. The van der Waals surface area contributed by atoms with E-state index in [0.717, 1.165) is 61.9 Å². The Balaban J connectivity index is 0.00000261. The molecule has 1 heterocycles. The number of hydrogen-bond donors (Lipinski definition) is 3. The van der Waals surface area contributed by atoms with Gasteiger partial charge in [0.2, 0.25) is 5.91 Å². The van der Waals surface area contributed by atoms with E-state index < -0.39 is 0 Å². The van der Waals surface area contributed by atoms with Crippen LogP contribution in [0, 0.1) is 0 Å². The first-order valence-electron chi connectivity index (χ1n) is 10.3. The van der Waals surface area contributed by atoms with Gasteiger partial charge < -0.3 is 10.6 Å². The van der Waals surface area contributed by atoms with Crippen LogP contribution in [0.25, 0.3) is 0 Å². The topological polar surface area (TPSA) is 86.9 Å². The van der Waals surface area contributed by atoms with Gasteiger partial charge in [0.05, 0.1) is 12.1 Å². The third-order valence-electron chi connectivity index (χ3n) is 5.67. The van der Waals surface area contributed by atoms with Gasteiger partial charge in [0.1, 0.15) is 0 Å². The summed E-state index contributed by atoms with van der Waals surface area (Å²) < 4.78 is 0. The number of nitrogens with zero attached hydrogens (tertiary/aromatic N) is 1. The average molecular weight is 441 g/mol. The maximum absolute atomic E-state index is 12.2. The van der Waals surface area contributed by atoms with Crippen LogP contribution < -0.4 is 16.2 Å². The highest BCUT2D eigenvalue weighted by Gasteiger charge is 2.19. The summed E-state index contributed by atoms with van der Waals surface area (Å²) in [6.07, 6.45) is 12.8. The smallest absolute Gasteiger partial charge is 0.267 e. The maximum Gasteiger partial charge on any atom is 0.267 e. The number of halogens is 1. The van der Waals surface area contributed by atoms with E-state index in [0.29, 0.717) is 12.6 Å². The van der Waals surface area contributed by atoms with Gasteiger partial charge in [-0.15, -0.1) is 17.0 Å². The second kappa shape index (κ2) is 11.6. The minimum Gasteiger partial charge on any atom is -0.356 e. The molecular formula is C20H33BrN4O2. The molecule has 2 aliphatic rings. The summed E-state index contributed by atoms with van der Waals surface area (Å²) in [6.45, 7) is 1.74. The van der Waals surface area contributed by atoms with E-state index in [2.05, 4.69) is 20.8 Å². The van der Waals surface area contributed by atoms with Gasteiger partial charge in [0.15, 0.2) is 0 Å². The lowest BCUT2D eigenvalue weighted by molar-refractivity contribution is -0.120. The lowest BCUT2D eigenvalue weighted by Gasteiger charge is -2.22. The van der Waals surface area contributed by atoms with Crippen molar-refractivity contribution in [1.29, 1.82) is 0 Å². The maximum atomic E-state index is 12.2. The first kappa shape index (κ1) is 22.1. The van der Waals surface area contributed by atoms with E-state index in [1.165, 1.54) is 32.1 Å². The number of nitrogens with one attached hydrogen (secondary N) is 3. The normalized spacial score (nSPS) is 17.0. The molecule has 0 atom stereocenters. The van der Waals surface area contributed by atoms with Crippen molar-refractivity contribution in [2.45, 2.75) is 83.1 Å². The molecular weight excluding hydrogens is 408 g/mol. The molecule has 1 aromatic rings. The Kier molecular flexibility index (Phi) is 9.48. The van der Waals surface area contributed by atoms with Crippen LogP contribution in [0.5, 0.6) is 0 Å². The van der Waals surface area contributed by atoms with Crippen LogP contribution in [0.15, 0.2) is 4.79 Å². The summed E-state index contributed by atoms with van der Waals surface area (Å²) in [6, 6.07) is 0.704. The zero-order chi connectivity index (χ0) is 18.2. The molecule has 3 rings (SSSR count). The average Bonchev–Trinajstić information content (AvgIpc) is 2.68. The van der Waals surface area contributed by atoms with Crippen LogP contribution in [-0.4, -0.2) is 35.2 Å². The SMILES string of the molecule is Br.O=C(Cc1n[nH]c(=O)c2c1CCCC2)NCCCCNC1CCCCC1. The zero-order valence-corrected chi connectivity index (χ0v) is 17.9. The van der Waals surface area contributed by atoms with Crippen molar-refractivity contribution in [3.05, 3.63) is 27.2 Å². The fraction of sp³-hybridized carbons (Fsp3) is 0.750. The molecule has 0 spiro atoms. The fourth-order valence-corrected chi connectivity index (χ4v) is 4.18. The van der Waals surface area contributed by atoms with Crippen molar-refractivity contribution in [1.82, 2.24) is 20.8 Å². The second-order valence-electron chi connectivity index (χ2n) is 7.69. The quantitative estimate of drug-likeness (QED) is 0.542. The molecule has 2 aliphatic carbocycles. The molecule has 1 fully saturated rings. The minimum atomic E-state index is -0.0886.